The van der Waals surface area contributed by atoms with Gasteiger partial charge in [0.15, 0.2) is 11.5 Å². The van der Waals surface area contributed by atoms with E-state index in [9.17, 15) is 4.79 Å². The third kappa shape index (κ3) is 3.82. The molecule has 2 N–H and O–H groups in total. The molecule has 2 aromatic rings. The van der Waals surface area contributed by atoms with Gasteiger partial charge < -0.3 is 25.0 Å². The number of carbonyl (C=O) groups is 1. The molecule has 0 spiro atoms. The second kappa shape index (κ2) is 7.51. The summed E-state index contributed by atoms with van der Waals surface area (Å²) < 4.78 is 10.6. The monoisotopic (exact) mass is 354 g/mol. The second-order valence-corrected chi connectivity index (χ2v) is 6.54. The van der Waals surface area contributed by atoms with Crippen LogP contribution < -0.4 is 25.0 Å². The molecule has 0 radical (unpaired) electrons. The summed E-state index contributed by atoms with van der Waals surface area (Å²) in [4.78, 5) is 18.6. The van der Waals surface area contributed by atoms with Crippen LogP contribution in [0.15, 0.2) is 42.7 Å². The topological polar surface area (TPSA) is 75.7 Å². The molecule has 1 aromatic carbocycles. The summed E-state index contributed by atoms with van der Waals surface area (Å²) in [6.45, 7) is 2.88. The van der Waals surface area contributed by atoms with E-state index in [1.165, 1.54) is 5.69 Å². The molecule has 1 aromatic heterocycles. The van der Waals surface area contributed by atoms with E-state index in [0.29, 0.717) is 29.6 Å². The minimum Gasteiger partial charge on any atom is -0.454 e. The number of nitrogens with zero attached hydrogens (tertiary/aromatic N) is 2. The Morgan fingerprint density at radius 3 is 2.85 bits per heavy atom. The first-order valence-corrected chi connectivity index (χ1v) is 8.87. The quantitative estimate of drug-likeness (QED) is 0.883. The van der Waals surface area contributed by atoms with Gasteiger partial charge in [0.05, 0.1) is 11.9 Å². The van der Waals surface area contributed by atoms with Gasteiger partial charge in [-0.1, -0.05) is 0 Å². The summed E-state index contributed by atoms with van der Waals surface area (Å²) in [7, 11) is 0. The van der Waals surface area contributed by atoms with E-state index >= 15 is 0 Å². The lowest BCUT2D eigenvalue weighted by atomic mass is 9.96. The number of hydrogen-bond donors (Lipinski definition) is 2. The highest BCUT2D eigenvalue weighted by molar-refractivity contribution is 5.89. The predicted molar refractivity (Wildman–Crippen MR) is 98.8 cm³/mol. The van der Waals surface area contributed by atoms with E-state index in [0.717, 1.165) is 25.9 Å². The van der Waals surface area contributed by atoms with Crippen LogP contribution in [0.1, 0.15) is 12.8 Å². The number of ether oxygens (including phenoxy) is 2. The molecule has 2 aliphatic rings. The van der Waals surface area contributed by atoms with Gasteiger partial charge in [0, 0.05) is 37.6 Å². The van der Waals surface area contributed by atoms with Gasteiger partial charge in [-0.2, -0.15) is 0 Å². The number of urea groups is 1. The number of carbonyl (C=O) groups excluding carboxylic acids is 1. The van der Waals surface area contributed by atoms with E-state index in [4.69, 9.17) is 9.47 Å². The summed E-state index contributed by atoms with van der Waals surface area (Å²) in [5.74, 6) is 1.85. The molecule has 26 heavy (non-hydrogen) atoms. The van der Waals surface area contributed by atoms with E-state index in [1.807, 2.05) is 12.3 Å². The summed E-state index contributed by atoms with van der Waals surface area (Å²) in [5, 5.41) is 5.81. The van der Waals surface area contributed by atoms with Crippen LogP contribution in [0.4, 0.5) is 16.2 Å². The molecule has 136 valence electrons. The molecule has 0 saturated carbocycles. The Labute approximate surface area is 152 Å². The Balaban J connectivity index is 1.22. The van der Waals surface area contributed by atoms with Crippen molar-refractivity contribution in [1.29, 1.82) is 0 Å². The van der Waals surface area contributed by atoms with Crippen molar-refractivity contribution < 1.29 is 14.3 Å². The lowest BCUT2D eigenvalue weighted by Gasteiger charge is -2.33. The van der Waals surface area contributed by atoms with Crippen LogP contribution in [-0.2, 0) is 0 Å². The van der Waals surface area contributed by atoms with Gasteiger partial charge in [0.2, 0.25) is 6.79 Å². The Kier molecular flexibility index (Phi) is 4.77. The Morgan fingerprint density at radius 1 is 1.19 bits per heavy atom. The smallest absolute Gasteiger partial charge is 0.319 e. The number of pyridine rings is 1. The number of amides is 2. The van der Waals surface area contributed by atoms with Crippen LogP contribution in [-0.4, -0.2) is 37.4 Å². The van der Waals surface area contributed by atoms with Crippen molar-refractivity contribution in [2.75, 3.05) is 36.6 Å². The molecule has 1 fully saturated rings. The third-order valence-electron chi connectivity index (χ3n) is 4.81. The maximum absolute atomic E-state index is 12.1. The molecule has 7 heteroatoms. The zero-order valence-electron chi connectivity index (χ0n) is 14.5. The SMILES string of the molecule is O=C(NCC1CCN(c2cccnc2)CC1)Nc1ccc2c(c1)OCO2. The van der Waals surface area contributed by atoms with Gasteiger partial charge in [0.1, 0.15) is 0 Å². The Bertz CT molecular complexity index is 761. The first-order valence-electron chi connectivity index (χ1n) is 8.87. The first-order chi connectivity index (χ1) is 12.8. The summed E-state index contributed by atoms with van der Waals surface area (Å²) in [6, 6.07) is 9.23. The normalized spacial score (nSPS) is 16.4. The highest BCUT2D eigenvalue weighted by atomic mass is 16.7. The van der Waals surface area contributed by atoms with Crippen molar-refractivity contribution in [3.63, 3.8) is 0 Å². The number of hydrogen-bond acceptors (Lipinski definition) is 5. The van der Waals surface area contributed by atoms with Crippen LogP contribution in [0.5, 0.6) is 11.5 Å². The summed E-state index contributed by atoms with van der Waals surface area (Å²) >= 11 is 0. The highest BCUT2D eigenvalue weighted by Crippen LogP contribution is 2.34. The average Bonchev–Trinajstić information content (AvgIpc) is 3.15. The van der Waals surface area contributed by atoms with Crippen molar-refractivity contribution >= 4 is 17.4 Å². The fraction of sp³-hybridized carbons (Fsp3) is 0.368. The van der Waals surface area contributed by atoms with E-state index in [1.54, 1.807) is 24.4 Å². The zero-order valence-corrected chi connectivity index (χ0v) is 14.5. The molecular weight excluding hydrogens is 332 g/mol. The minimum atomic E-state index is -0.196. The van der Waals surface area contributed by atoms with Crippen LogP contribution in [0.25, 0.3) is 0 Å². The van der Waals surface area contributed by atoms with Crippen LogP contribution in [0, 0.1) is 5.92 Å². The fourth-order valence-corrected chi connectivity index (χ4v) is 3.32. The van der Waals surface area contributed by atoms with Crippen molar-refractivity contribution in [2.24, 2.45) is 5.92 Å². The van der Waals surface area contributed by atoms with Crippen molar-refractivity contribution in [3.05, 3.63) is 42.7 Å². The van der Waals surface area contributed by atoms with Gasteiger partial charge in [-0.05, 0) is 43.0 Å². The van der Waals surface area contributed by atoms with E-state index in [2.05, 4.69) is 26.6 Å². The molecule has 0 unspecified atom stereocenters. The summed E-state index contributed by atoms with van der Waals surface area (Å²) in [6.07, 6.45) is 5.80. The first kappa shape index (κ1) is 16.5. The average molecular weight is 354 g/mol. The number of rotatable bonds is 4. The predicted octanol–water partition coefficient (Wildman–Crippen LogP) is 2.85. The standard InChI is InChI=1S/C19H22N4O3/c24-19(22-15-3-4-17-18(10-15)26-13-25-17)21-11-14-5-8-23(9-6-14)16-2-1-7-20-12-16/h1-4,7,10,12,14H,5-6,8-9,11,13H2,(H2,21,22,24). The van der Waals surface area contributed by atoms with E-state index < -0.39 is 0 Å². The zero-order chi connectivity index (χ0) is 17.8. The van der Waals surface area contributed by atoms with Crippen molar-refractivity contribution in [1.82, 2.24) is 10.3 Å². The molecular formula is C19H22N4O3. The van der Waals surface area contributed by atoms with Crippen molar-refractivity contribution in [2.45, 2.75) is 12.8 Å². The maximum atomic E-state index is 12.1. The molecule has 0 bridgehead atoms. The Morgan fingerprint density at radius 2 is 2.04 bits per heavy atom. The maximum Gasteiger partial charge on any atom is 0.319 e. The summed E-state index contributed by atoms with van der Waals surface area (Å²) in [5.41, 5.74) is 1.86. The number of fused-ring (bicyclic) bond motifs is 1. The number of nitrogens with one attached hydrogen (secondary N) is 2. The number of benzene rings is 1. The van der Waals surface area contributed by atoms with E-state index in [-0.39, 0.29) is 12.8 Å². The largest absolute Gasteiger partial charge is 0.454 e. The second-order valence-electron chi connectivity index (χ2n) is 6.54. The fourth-order valence-electron chi connectivity index (χ4n) is 3.32. The lowest BCUT2D eigenvalue weighted by molar-refractivity contribution is 0.174. The molecule has 0 aliphatic carbocycles. The van der Waals surface area contributed by atoms with Gasteiger partial charge in [-0.15, -0.1) is 0 Å². The molecule has 2 amide bonds. The van der Waals surface area contributed by atoms with Crippen LogP contribution >= 0.6 is 0 Å². The number of anilines is 2. The Hall–Kier alpha value is -2.96. The molecule has 4 rings (SSSR count). The van der Waals surface area contributed by atoms with Gasteiger partial charge in [-0.25, -0.2) is 4.79 Å². The van der Waals surface area contributed by atoms with Gasteiger partial charge in [-0.3, -0.25) is 4.98 Å². The lowest BCUT2D eigenvalue weighted by Crippen LogP contribution is -2.39. The van der Waals surface area contributed by atoms with Gasteiger partial charge >= 0.3 is 6.03 Å². The molecule has 3 heterocycles. The third-order valence-corrected chi connectivity index (χ3v) is 4.81. The molecule has 7 nitrogen and oxygen atoms in total. The highest BCUT2D eigenvalue weighted by Gasteiger charge is 2.20. The van der Waals surface area contributed by atoms with Crippen molar-refractivity contribution in [3.8, 4) is 11.5 Å². The van der Waals surface area contributed by atoms with Crippen LogP contribution in [0.3, 0.4) is 0 Å². The van der Waals surface area contributed by atoms with Crippen LogP contribution in [0.2, 0.25) is 0 Å². The minimum absolute atomic E-state index is 0.196. The molecule has 2 aliphatic heterocycles. The van der Waals surface area contributed by atoms with Gasteiger partial charge in [0.25, 0.3) is 0 Å². The number of piperidine rings is 1. The number of aromatic nitrogens is 1. The molecule has 1 saturated heterocycles. The molecule has 0 atom stereocenters.